The lowest BCUT2D eigenvalue weighted by Crippen LogP contribution is -2.34. The molecule has 1 fully saturated rings. The van der Waals surface area contributed by atoms with Gasteiger partial charge in [0.1, 0.15) is 0 Å². The van der Waals surface area contributed by atoms with Crippen LogP contribution in [0.15, 0.2) is 0 Å². The van der Waals surface area contributed by atoms with Gasteiger partial charge in [-0.3, -0.25) is 0 Å². The van der Waals surface area contributed by atoms with Gasteiger partial charge in [0.15, 0.2) is 0 Å². The molecule has 3 N–H and O–H groups in total. The van der Waals surface area contributed by atoms with E-state index >= 15 is 0 Å². The van der Waals surface area contributed by atoms with Crippen LogP contribution in [-0.4, -0.2) is 36.0 Å². The molecule has 0 spiro atoms. The summed E-state index contributed by atoms with van der Waals surface area (Å²) < 4.78 is 0. The summed E-state index contributed by atoms with van der Waals surface area (Å²) in [6.45, 7) is 1.01. The predicted molar refractivity (Wildman–Crippen MR) is 47.9 cm³/mol. The monoisotopic (exact) mass is 173 g/mol. The Morgan fingerprint density at radius 2 is 2.00 bits per heavy atom. The van der Waals surface area contributed by atoms with Crippen LogP contribution in [0, 0.1) is 5.92 Å². The lowest BCUT2D eigenvalue weighted by molar-refractivity contribution is -0.0263. The maximum absolute atomic E-state index is 9.38. The summed E-state index contributed by atoms with van der Waals surface area (Å²) in [6, 6.07) is 0. The van der Waals surface area contributed by atoms with Crippen LogP contribution in [0.5, 0.6) is 0 Å². The van der Waals surface area contributed by atoms with Crippen LogP contribution in [0.25, 0.3) is 0 Å². The Hall–Kier alpha value is -0.120. The van der Waals surface area contributed by atoms with E-state index in [0.717, 1.165) is 32.2 Å². The van der Waals surface area contributed by atoms with Crippen LogP contribution in [0.2, 0.25) is 0 Å². The molecule has 0 aromatic carbocycles. The lowest BCUT2D eigenvalue weighted by atomic mass is 9.83. The van der Waals surface area contributed by atoms with E-state index in [-0.39, 0.29) is 0 Å². The van der Waals surface area contributed by atoms with E-state index in [1.165, 1.54) is 0 Å². The molecule has 1 aliphatic rings. The van der Waals surface area contributed by atoms with Crippen molar-refractivity contribution in [2.24, 2.45) is 5.92 Å². The summed E-state index contributed by atoms with van der Waals surface area (Å²) in [5.74, 6) is 0.593. The molecule has 3 nitrogen and oxygen atoms in total. The first-order valence-electron chi connectivity index (χ1n) is 4.74. The van der Waals surface area contributed by atoms with Gasteiger partial charge in [-0.1, -0.05) is 0 Å². The first-order chi connectivity index (χ1) is 5.74. The zero-order valence-corrected chi connectivity index (χ0v) is 7.66. The van der Waals surface area contributed by atoms with E-state index in [4.69, 9.17) is 0 Å². The van der Waals surface area contributed by atoms with Crippen molar-refractivity contribution in [2.75, 3.05) is 13.6 Å². The number of aliphatic hydroxyl groups is 2. The highest BCUT2D eigenvalue weighted by atomic mass is 16.3. The van der Waals surface area contributed by atoms with Gasteiger partial charge < -0.3 is 15.5 Å². The largest absolute Gasteiger partial charge is 0.390 e. The summed E-state index contributed by atoms with van der Waals surface area (Å²) in [6.07, 6.45) is 2.73. The fraction of sp³-hybridized carbons (Fsp3) is 1.00. The Bertz CT molecular complexity index is 128. The molecule has 0 bridgehead atoms. The Morgan fingerprint density at radius 1 is 1.25 bits per heavy atom. The quantitative estimate of drug-likeness (QED) is 0.568. The third kappa shape index (κ3) is 2.73. The van der Waals surface area contributed by atoms with Crippen molar-refractivity contribution in [1.29, 1.82) is 0 Å². The molecule has 0 amide bonds. The molecule has 72 valence electrons. The van der Waals surface area contributed by atoms with Crippen LogP contribution in [-0.2, 0) is 0 Å². The van der Waals surface area contributed by atoms with E-state index in [9.17, 15) is 10.2 Å². The van der Waals surface area contributed by atoms with Crippen molar-refractivity contribution in [1.82, 2.24) is 5.32 Å². The summed E-state index contributed by atoms with van der Waals surface area (Å²) in [4.78, 5) is 0. The number of hydrogen-bond acceptors (Lipinski definition) is 3. The van der Waals surface area contributed by atoms with Crippen LogP contribution < -0.4 is 5.32 Å². The van der Waals surface area contributed by atoms with Gasteiger partial charge in [0.25, 0.3) is 0 Å². The number of rotatable bonds is 3. The van der Waals surface area contributed by atoms with Crippen molar-refractivity contribution >= 4 is 0 Å². The second-order valence-corrected chi connectivity index (χ2v) is 3.71. The van der Waals surface area contributed by atoms with Crippen LogP contribution in [0.3, 0.4) is 0 Å². The van der Waals surface area contributed by atoms with E-state index in [0.29, 0.717) is 5.92 Å². The smallest absolute Gasteiger partial charge is 0.0801 e. The van der Waals surface area contributed by atoms with E-state index in [1.807, 2.05) is 7.05 Å². The molecule has 3 atom stereocenters. The van der Waals surface area contributed by atoms with Gasteiger partial charge in [-0.25, -0.2) is 0 Å². The normalized spacial score (nSPS) is 36.8. The van der Waals surface area contributed by atoms with E-state index < -0.39 is 12.2 Å². The van der Waals surface area contributed by atoms with Crippen LogP contribution >= 0.6 is 0 Å². The molecule has 0 saturated heterocycles. The van der Waals surface area contributed by atoms with Gasteiger partial charge in [0.05, 0.1) is 12.2 Å². The molecule has 3 heteroatoms. The minimum Gasteiger partial charge on any atom is -0.390 e. The molecule has 1 rings (SSSR count). The van der Waals surface area contributed by atoms with E-state index in [2.05, 4.69) is 5.32 Å². The van der Waals surface area contributed by atoms with Crippen LogP contribution in [0.4, 0.5) is 0 Å². The Morgan fingerprint density at radius 3 is 2.58 bits per heavy atom. The standard InChI is InChI=1S/C9H19NO2/c1-10-5-4-7-2-3-8(11)9(12)6-7/h7-12H,2-6H2,1H3. The van der Waals surface area contributed by atoms with Crippen molar-refractivity contribution in [2.45, 2.75) is 37.9 Å². The van der Waals surface area contributed by atoms with Crippen LogP contribution in [0.1, 0.15) is 25.7 Å². The molecule has 0 radical (unpaired) electrons. The lowest BCUT2D eigenvalue weighted by Gasteiger charge is -2.29. The molecule has 0 heterocycles. The zero-order chi connectivity index (χ0) is 8.97. The predicted octanol–water partition coefficient (Wildman–Crippen LogP) is 0.118. The van der Waals surface area contributed by atoms with Crippen molar-refractivity contribution in [3.63, 3.8) is 0 Å². The molecular formula is C9H19NO2. The SMILES string of the molecule is CNCCC1CCC(O)C(O)C1. The van der Waals surface area contributed by atoms with Crippen molar-refractivity contribution in [3.8, 4) is 0 Å². The van der Waals surface area contributed by atoms with Gasteiger partial charge in [0.2, 0.25) is 0 Å². The Balaban J connectivity index is 2.21. The van der Waals surface area contributed by atoms with Gasteiger partial charge >= 0.3 is 0 Å². The summed E-state index contributed by atoms with van der Waals surface area (Å²) >= 11 is 0. The zero-order valence-electron chi connectivity index (χ0n) is 7.66. The highest BCUT2D eigenvalue weighted by molar-refractivity contribution is 4.79. The first kappa shape index (κ1) is 9.96. The van der Waals surface area contributed by atoms with Gasteiger partial charge in [-0.15, -0.1) is 0 Å². The summed E-state index contributed by atoms with van der Waals surface area (Å²) in [5.41, 5.74) is 0. The molecule has 0 aromatic rings. The summed E-state index contributed by atoms with van der Waals surface area (Å²) in [5, 5.41) is 21.7. The molecule has 1 aliphatic carbocycles. The fourth-order valence-corrected chi connectivity index (χ4v) is 1.83. The highest BCUT2D eigenvalue weighted by Gasteiger charge is 2.26. The number of aliphatic hydroxyl groups excluding tert-OH is 2. The Labute approximate surface area is 73.8 Å². The van der Waals surface area contributed by atoms with Gasteiger partial charge in [-0.2, -0.15) is 0 Å². The average molecular weight is 173 g/mol. The second kappa shape index (κ2) is 4.80. The topological polar surface area (TPSA) is 52.5 Å². The molecular weight excluding hydrogens is 154 g/mol. The maximum atomic E-state index is 9.38. The first-order valence-corrected chi connectivity index (χ1v) is 4.74. The molecule has 3 unspecified atom stereocenters. The third-order valence-electron chi connectivity index (χ3n) is 2.69. The fourth-order valence-electron chi connectivity index (χ4n) is 1.83. The highest BCUT2D eigenvalue weighted by Crippen LogP contribution is 2.26. The minimum atomic E-state index is -0.486. The molecule has 0 aromatic heterocycles. The van der Waals surface area contributed by atoms with Gasteiger partial charge in [0, 0.05) is 0 Å². The number of nitrogens with one attached hydrogen (secondary N) is 1. The summed E-state index contributed by atoms with van der Waals surface area (Å²) in [7, 11) is 1.94. The Kier molecular flexibility index (Phi) is 3.98. The maximum Gasteiger partial charge on any atom is 0.0801 e. The third-order valence-corrected chi connectivity index (χ3v) is 2.69. The van der Waals surface area contributed by atoms with Gasteiger partial charge in [-0.05, 0) is 45.2 Å². The van der Waals surface area contributed by atoms with E-state index in [1.54, 1.807) is 0 Å². The number of hydrogen-bond donors (Lipinski definition) is 3. The molecule has 12 heavy (non-hydrogen) atoms. The minimum absolute atomic E-state index is 0.476. The second-order valence-electron chi connectivity index (χ2n) is 3.71. The average Bonchev–Trinajstić information content (AvgIpc) is 2.07. The molecule has 0 aliphatic heterocycles. The van der Waals surface area contributed by atoms with Crippen molar-refractivity contribution in [3.05, 3.63) is 0 Å². The molecule has 1 saturated carbocycles. The van der Waals surface area contributed by atoms with Crippen molar-refractivity contribution < 1.29 is 10.2 Å².